The lowest BCUT2D eigenvalue weighted by atomic mass is 9.89. The summed E-state index contributed by atoms with van der Waals surface area (Å²) in [5, 5.41) is 0. The van der Waals surface area contributed by atoms with Crippen LogP contribution in [0.2, 0.25) is 0 Å². The Morgan fingerprint density at radius 2 is 2.12 bits per heavy atom. The highest BCUT2D eigenvalue weighted by molar-refractivity contribution is 14.1. The molecule has 0 spiro atoms. The Labute approximate surface area is 119 Å². The Hall–Kier alpha value is -0.230. The van der Waals surface area contributed by atoms with Crippen molar-refractivity contribution in [1.82, 2.24) is 0 Å². The quantitative estimate of drug-likeness (QED) is 0.459. The number of ether oxygens (including phenoxy) is 1. The van der Waals surface area contributed by atoms with Crippen molar-refractivity contribution in [2.45, 2.75) is 38.9 Å². The number of rotatable bonds is 2. The molecule has 0 radical (unpaired) electrons. The van der Waals surface area contributed by atoms with Crippen LogP contribution >= 0.6 is 34.4 Å². The third kappa shape index (κ3) is 2.10. The van der Waals surface area contributed by atoms with Crippen molar-refractivity contribution in [2.75, 3.05) is 0 Å². The van der Waals surface area contributed by atoms with Crippen LogP contribution in [0.5, 0.6) is 0 Å². The first-order valence-corrected chi connectivity index (χ1v) is 7.85. The lowest BCUT2D eigenvalue weighted by Gasteiger charge is -2.29. The van der Waals surface area contributed by atoms with Gasteiger partial charge in [-0.05, 0) is 25.0 Å². The number of carbonyl (C=O) groups excluding carboxylic acids is 1. The normalized spacial score (nSPS) is 35.7. The Bertz CT molecular complexity index is 436. The Morgan fingerprint density at radius 3 is 2.88 bits per heavy atom. The molecule has 3 atom stereocenters. The molecule has 1 aliphatic carbocycles. The average Bonchev–Trinajstić information content (AvgIpc) is 2.60. The van der Waals surface area contributed by atoms with Gasteiger partial charge in [0.2, 0.25) is 0 Å². The highest BCUT2D eigenvalue weighted by atomic mass is 127. The maximum atomic E-state index is 12.1. The van der Waals surface area contributed by atoms with Crippen LogP contribution in [0.1, 0.15) is 19.3 Å². The predicted molar refractivity (Wildman–Crippen MR) is 76.6 cm³/mol. The summed E-state index contributed by atoms with van der Waals surface area (Å²) in [6, 6.07) is 10.2. The number of halogens is 1. The summed E-state index contributed by atoms with van der Waals surface area (Å²) in [6.07, 6.45) is 3.03. The zero-order valence-corrected chi connectivity index (χ0v) is 12.2. The molecule has 1 aromatic rings. The van der Waals surface area contributed by atoms with E-state index in [9.17, 15) is 4.79 Å². The van der Waals surface area contributed by atoms with E-state index in [1.807, 2.05) is 18.2 Å². The molecule has 2 fully saturated rings. The van der Waals surface area contributed by atoms with Crippen molar-refractivity contribution >= 4 is 40.3 Å². The number of fused-ring (bicyclic) bond motifs is 2. The van der Waals surface area contributed by atoms with Gasteiger partial charge in [-0.25, -0.2) is 0 Å². The molecule has 0 N–H and O–H groups in total. The largest absolute Gasteiger partial charge is 0.460 e. The van der Waals surface area contributed by atoms with Gasteiger partial charge in [0.1, 0.15) is 10.9 Å². The van der Waals surface area contributed by atoms with Gasteiger partial charge in [-0.15, -0.1) is 11.8 Å². The molecule has 1 heterocycles. The van der Waals surface area contributed by atoms with E-state index >= 15 is 0 Å². The highest BCUT2D eigenvalue weighted by Gasteiger charge is 2.54. The van der Waals surface area contributed by atoms with Crippen molar-refractivity contribution in [3.05, 3.63) is 30.3 Å². The zero-order valence-electron chi connectivity index (χ0n) is 9.27. The van der Waals surface area contributed by atoms with E-state index in [1.165, 1.54) is 0 Å². The summed E-state index contributed by atoms with van der Waals surface area (Å²) in [6.45, 7) is 0. The second kappa shape index (κ2) is 4.46. The summed E-state index contributed by atoms with van der Waals surface area (Å²) in [4.78, 5) is 13.2. The van der Waals surface area contributed by atoms with Gasteiger partial charge in [0.15, 0.2) is 0 Å². The van der Waals surface area contributed by atoms with Crippen molar-refractivity contribution < 1.29 is 9.53 Å². The number of carbonyl (C=O) groups is 1. The fourth-order valence-electron chi connectivity index (χ4n) is 2.51. The maximum Gasteiger partial charge on any atom is 0.323 e. The van der Waals surface area contributed by atoms with Crippen molar-refractivity contribution in [3.63, 3.8) is 0 Å². The molecule has 90 valence electrons. The van der Waals surface area contributed by atoms with Crippen LogP contribution in [-0.4, -0.2) is 20.7 Å². The molecular weight excluding hydrogens is 347 g/mol. The number of benzene rings is 1. The SMILES string of the molecule is O=C1O[C@H]2C[C@]1(Sc1ccccc1)CC[C@@H]2I. The first kappa shape index (κ1) is 11.8. The van der Waals surface area contributed by atoms with E-state index < -0.39 is 0 Å². The summed E-state index contributed by atoms with van der Waals surface area (Å²) < 4.78 is 5.68. The van der Waals surface area contributed by atoms with Crippen molar-refractivity contribution in [2.24, 2.45) is 0 Å². The van der Waals surface area contributed by atoms with Gasteiger partial charge in [0.25, 0.3) is 0 Å². The maximum absolute atomic E-state index is 12.1. The first-order valence-electron chi connectivity index (χ1n) is 5.79. The van der Waals surface area contributed by atoms with Crippen LogP contribution in [0.25, 0.3) is 0 Å². The molecule has 2 nitrogen and oxygen atoms in total. The Balaban J connectivity index is 1.85. The lowest BCUT2D eigenvalue weighted by Crippen LogP contribution is -2.35. The van der Waals surface area contributed by atoms with E-state index in [0.717, 1.165) is 24.2 Å². The predicted octanol–water partition coefficient (Wildman–Crippen LogP) is 3.43. The average molecular weight is 360 g/mol. The van der Waals surface area contributed by atoms with Crippen LogP contribution in [0.4, 0.5) is 0 Å². The molecule has 1 aromatic carbocycles. The molecule has 4 heteroatoms. The topological polar surface area (TPSA) is 26.3 Å². The standard InChI is InChI=1S/C13H13IO2S/c14-10-6-7-13(8-11(10)16-12(13)15)17-9-4-2-1-3-5-9/h1-5,10-11H,6-8H2/t10-,11-,13+/m0/s1. The molecule has 17 heavy (non-hydrogen) atoms. The van der Waals surface area contributed by atoms with Gasteiger partial charge in [0.05, 0.1) is 0 Å². The summed E-state index contributed by atoms with van der Waals surface area (Å²) in [5.74, 6) is -0.00415. The highest BCUT2D eigenvalue weighted by Crippen LogP contribution is 2.51. The molecule has 3 rings (SSSR count). The number of esters is 1. The van der Waals surface area contributed by atoms with Gasteiger partial charge in [-0.1, -0.05) is 40.8 Å². The first-order chi connectivity index (χ1) is 8.20. The molecule has 0 unspecified atom stereocenters. The monoisotopic (exact) mass is 360 g/mol. The van der Waals surface area contributed by atoms with Crippen LogP contribution < -0.4 is 0 Å². The second-order valence-corrected chi connectivity index (χ2v) is 7.67. The zero-order chi connectivity index (χ0) is 11.9. The van der Waals surface area contributed by atoms with Crippen molar-refractivity contribution in [3.8, 4) is 0 Å². The molecular formula is C13H13IO2S. The van der Waals surface area contributed by atoms with Crippen LogP contribution in [0, 0.1) is 0 Å². The van der Waals surface area contributed by atoms with E-state index in [2.05, 4.69) is 34.7 Å². The van der Waals surface area contributed by atoms with Crippen molar-refractivity contribution in [1.29, 1.82) is 0 Å². The van der Waals surface area contributed by atoms with Gasteiger partial charge in [0, 0.05) is 15.2 Å². The van der Waals surface area contributed by atoms with E-state index in [1.54, 1.807) is 11.8 Å². The van der Waals surface area contributed by atoms with E-state index in [-0.39, 0.29) is 16.8 Å². The molecule has 1 saturated heterocycles. The summed E-state index contributed by atoms with van der Waals surface area (Å²) in [7, 11) is 0. The minimum absolute atomic E-state index is 0.00415. The van der Waals surface area contributed by atoms with Crippen LogP contribution in [0.15, 0.2) is 35.2 Å². The third-order valence-electron chi connectivity index (χ3n) is 3.45. The smallest absolute Gasteiger partial charge is 0.323 e. The fourth-order valence-corrected chi connectivity index (χ4v) is 4.56. The molecule has 0 amide bonds. The number of alkyl halides is 1. The number of hydrogen-bond donors (Lipinski definition) is 0. The van der Waals surface area contributed by atoms with Crippen LogP contribution in [-0.2, 0) is 9.53 Å². The minimum atomic E-state index is -0.312. The molecule has 1 saturated carbocycles. The van der Waals surface area contributed by atoms with E-state index in [0.29, 0.717) is 3.92 Å². The van der Waals surface area contributed by atoms with Crippen LogP contribution in [0.3, 0.4) is 0 Å². The summed E-state index contributed by atoms with van der Waals surface area (Å²) >= 11 is 4.09. The molecule has 2 aliphatic rings. The molecule has 2 bridgehead atoms. The summed E-state index contributed by atoms with van der Waals surface area (Å²) in [5.41, 5.74) is 0. The van der Waals surface area contributed by atoms with Gasteiger partial charge in [-0.2, -0.15) is 0 Å². The molecule has 1 aliphatic heterocycles. The van der Waals surface area contributed by atoms with Gasteiger partial charge >= 0.3 is 5.97 Å². The lowest BCUT2D eigenvalue weighted by molar-refractivity contribution is -0.142. The fraction of sp³-hybridized carbons (Fsp3) is 0.462. The molecule has 0 aromatic heterocycles. The van der Waals surface area contributed by atoms with Gasteiger partial charge in [-0.3, -0.25) is 4.79 Å². The number of thioether (sulfide) groups is 1. The van der Waals surface area contributed by atoms with E-state index in [4.69, 9.17) is 4.74 Å². The Morgan fingerprint density at radius 1 is 1.35 bits per heavy atom. The third-order valence-corrected chi connectivity index (χ3v) is 6.31. The minimum Gasteiger partial charge on any atom is -0.460 e. The van der Waals surface area contributed by atoms with Gasteiger partial charge < -0.3 is 4.74 Å². The Kier molecular flexibility index (Phi) is 3.11. The number of hydrogen-bond acceptors (Lipinski definition) is 3. The second-order valence-electron chi connectivity index (χ2n) is 4.61.